The summed E-state index contributed by atoms with van der Waals surface area (Å²) in [6, 6.07) is 9.13. The number of rotatable bonds is 4. The third-order valence-corrected chi connectivity index (χ3v) is 4.45. The van der Waals surface area contributed by atoms with Crippen molar-refractivity contribution in [3.63, 3.8) is 0 Å². The molecule has 0 atom stereocenters. The second kappa shape index (κ2) is 7.40. The highest BCUT2D eigenvalue weighted by molar-refractivity contribution is 5.91. The molecule has 0 aromatic carbocycles. The lowest BCUT2D eigenvalue weighted by Gasteiger charge is -2.31. The van der Waals surface area contributed by atoms with Crippen LogP contribution < -0.4 is 10.9 Å². The van der Waals surface area contributed by atoms with Crippen molar-refractivity contribution >= 4 is 11.7 Å². The monoisotopic (exact) mass is 326 g/mol. The van der Waals surface area contributed by atoms with Gasteiger partial charge in [-0.15, -0.1) is 0 Å². The summed E-state index contributed by atoms with van der Waals surface area (Å²) >= 11 is 0. The average molecular weight is 326 g/mol. The maximum atomic E-state index is 12.3. The van der Waals surface area contributed by atoms with Gasteiger partial charge in [-0.25, -0.2) is 4.98 Å². The predicted molar refractivity (Wildman–Crippen MR) is 92.6 cm³/mol. The molecule has 2 aromatic heterocycles. The largest absolute Gasteiger partial charge is 0.319 e. The van der Waals surface area contributed by atoms with Gasteiger partial charge in [0.2, 0.25) is 5.91 Å². The van der Waals surface area contributed by atoms with Gasteiger partial charge in [0.1, 0.15) is 5.82 Å². The van der Waals surface area contributed by atoms with E-state index < -0.39 is 0 Å². The van der Waals surface area contributed by atoms with Crippen LogP contribution in [0.3, 0.4) is 0 Å². The van der Waals surface area contributed by atoms with Gasteiger partial charge >= 0.3 is 0 Å². The Morgan fingerprint density at radius 1 is 1.29 bits per heavy atom. The Bertz CT molecular complexity index is 749. The quantitative estimate of drug-likeness (QED) is 0.927. The fourth-order valence-corrected chi connectivity index (χ4v) is 2.96. The van der Waals surface area contributed by atoms with Crippen LogP contribution in [-0.2, 0) is 18.4 Å². The lowest BCUT2D eigenvalue weighted by atomic mass is 9.95. The molecular weight excluding hydrogens is 304 g/mol. The van der Waals surface area contributed by atoms with E-state index in [1.54, 1.807) is 36.1 Å². The molecule has 0 spiro atoms. The van der Waals surface area contributed by atoms with Crippen molar-refractivity contribution in [1.82, 2.24) is 14.5 Å². The summed E-state index contributed by atoms with van der Waals surface area (Å²) in [4.78, 5) is 30.4. The zero-order valence-electron chi connectivity index (χ0n) is 13.8. The molecule has 2 aromatic rings. The van der Waals surface area contributed by atoms with E-state index in [0.29, 0.717) is 5.82 Å². The molecule has 6 heteroatoms. The summed E-state index contributed by atoms with van der Waals surface area (Å²) < 4.78 is 1.57. The normalized spacial score (nSPS) is 16.0. The number of hydrogen-bond donors (Lipinski definition) is 1. The molecule has 0 saturated carbocycles. The van der Waals surface area contributed by atoms with Crippen LogP contribution in [0.25, 0.3) is 0 Å². The van der Waals surface area contributed by atoms with Gasteiger partial charge in [0.25, 0.3) is 5.56 Å². The smallest absolute Gasteiger partial charge is 0.250 e. The number of carbonyl (C=O) groups excluding carboxylic acids is 1. The molecule has 0 bridgehead atoms. The molecule has 0 radical (unpaired) electrons. The van der Waals surface area contributed by atoms with Crippen molar-refractivity contribution in [2.75, 3.05) is 18.4 Å². The highest BCUT2D eigenvalue weighted by Gasteiger charge is 2.25. The number of piperidine rings is 1. The Kier molecular flexibility index (Phi) is 5.05. The molecule has 3 heterocycles. The first-order valence-corrected chi connectivity index (χ1v) is 8.21. The van der Waals surface area contributed by atoms with E-state index in [1.807, 2.05) is 18.2 Å². The summed E-state index contributed by atoms with van der Waals surface area (Å²) in [5, 5.41) is 2.88. The van der Waals surface area contributed by atoms with Gasteiger partial charge in [-0.3, -0.25) is 14.5 Å². The highest BCUT2D eigenvalue weighted by atomic mass is 16.2. The topological polar surface area (TPSA) is 67.2 Å². The molecule has 6 nitrogen and oxygen atoms in total. The summed E-state index contributed by atoms with van der Waals surface area (Å²) in [6.07, 6.45) is 5.11. The zero-order valence-corrected chi connectivity index (χ0v) is 13.8. The molecule has 1 N–H and O–H groups in total. The van der Waals surface area contributed by atoms with Gasteiger partial charge in [0.15, 0.2) is 0 Å². The fraction of sp³-hybridized carbons (Fsp3) is 0.389. The highest BCUT2D eigenvalue weighted by Crippen LogP contribution is 2.20. The number of aromatic nitrogens is 2. The Balaban J connectivity index is 1.51. The molecule has 3 rings (SSSR count). The van der Waals surface area contributed by atoms with E-state index in [0.717, 1.165) is 38.0 Å². The lowest BCUT2D eigenvalue weighted by molar-refractivity contribution is -0.121. The van der Waals surface area contributed by atoms with Crippen LogP contribution in [0, 0.1) is 5.92 Å². The summed E-state index contributed by atoms with van der Waals surface area (Å²) in [5.74, 6) is 0.666. The number of aryl methyl sites for hydroxylation is 1. The van der Waals surface area contributed by atoms with Gasteiger partial charge in [-0.05, 0) is 49.7 Å². The number of carbonyl (C=O) groups is 1. The third kappa shape index (κ3) is 4.08. The molecule has 24 heavy (non-hydrogen) atoms. The third-order valence-electron chi connectivity index (χ3n) is 4.45. The van der Waals surface area contributed by atoms with E-state index >= 15 is 0 Å². The lowest BCUT2D eigenvalue weighted by Crippen LogP contribution is -2.38. The Hall–Kier alpha value is -2.47. The van der Waals surface area contributed by atoms with Crippen molar-refractivity contribution < 1.29 is 4.79 Å². The molecule has 1 aliphatic heterocycles. The van der Waals surface area contributed by atoms with Crippen molar-refractivity contribution in [2.24, 2.45) is 13.0 Å². The van der Waals surface area contributed by atoms with Crippen LogP contribution in [0.2, 0.25) is 0 Å². The van der Waals surface area contributed by atoms with Gasteiger partial charge in [0, 0.05) is 38.0 Å². The van der Waals surface area contributed by atoms with Crippen LogP contribution >= 0.6 is 0 Å². The second-order valence-electron chi connectivity index (χ2n) is 6.24. The number of pyridine rings is 2. The van der Waals surface area contributed by atoms with Gasteiger partial charge < -0.3 is 9.88 Å². The van der Waals surface area contributed by atoms with Crippen molar-refractivity contribution in [1.29, 1.82) is 0 Å². The second-order valence-corrected chi connectivity index (χ2v) is 6.24. The molecule has 0 aliphatic carbocycles. The predicted octanol–water partition coefficient (Wildman–Crippen LogP) is 1.63. The number of amides is 1. The van der Waals surface area contributed by atoms with Crippen molar-refractivity contribution in [3.05, 3.63) is 58.6 Å². The molecular formula is C18H22N4O2. The van der Waals surface area contributed by atoms with Gasteiger partial charge in [-0.1, -0.05) is 6.07 Å². The molecule has 0 unspecified atom stereocenters. The minimum atomic E-state index is 0.0112. The summed E-state index contributed by atoms with van der Waals surface area (Å²) in [7, 11) is 1.75. The Morgan fingerprint density at radius 3 is 2.75 bits per heavy atom. The van der Waals surface area contributed by atoms with Crippen molar-refractivity contribution in [3.8, 4) is 0 Å². The molecule has 1 fully saturated rings. The first-order valence-electron chi connectivity index (χ1n) is 8.21. The average Bonchev–Trinajstić information content (AvgIpc) is 2.60. The molecule has 126 valence electrons. The first-order chi connectivity index (χ1) is 11.6. The van der Waals surface area contributed by atoms with Crippen LogP contribution in [0.1, 0.15) is 18.4 Å². The Morgan fingerprint density at radius 2 is 2.08 bits per heavy atom. The first kappa shape index (κ1) is 16.4. The number of nitrogens with zero attached hydrogens (tertiary/aromatic N) is 3. The van der Waals surface area contributed by atoms with Gasteiger partial charge in [0.05, 0.1) is 0 Å². The Labute approximate surface area is 141 Å². The van der Waals surface area contributed by atoms with E-state index in [1.165, 1.54) is 0 Å². The number of likely N-dealkylation sites (tertiary alicyclic amines) is 1. The maximum Gasteiger partial charge on any atom is 0.250 e. The van der Waals surface area contributed by atoms with Crippen LogP contribution in [0.5, 0.6) is 0 Å². The van der Waals surface area contributed by atoms with E-state index in [-0.39, 0.29) is 17.4 Å². The van der Waals surface area contributed by atoms with Crippen LogP contribution in [-0.4, -0.2) is 33.4 Å². The van der Waals surface area contributed by atoms with Crippen molar-refractivity contribution in [2.45, 2.75) is 19.4 Å². The minimum Gasteiger partial charge on any atom is -0.319 e. The summed E-state index contributed by atoms with van der Waals surface area (Å²) in [5.41, 5.74) is 1.03. The molecule has 1 aliphatic rings. The van der Waals surface area contributed by atoms with E-state index in [2.05, 4.69) is 15.2 Å². The minimum absolute atomic E-state index is 0.0112. The molecule has 1 saturated heterocycles. The maximum absolute atomic E-state index is 12.3. The SMILES string of the molecule is Cn1ccc(CN2CCC(C(=O)Nc3ccccn3)CC2)cc1=O. The number of anilines is 1. The summed E-state index contributed by atoms with van der Waals surface area (Å²) in [6.45, 7) is 2.47. The standard InChI is InChI=1S/C18H22N4O2/c1-21-9-5-14(12-17(21)23)13-22-10-6-15(7-11-22)18(24)20-16-4-2-3-8-19-16/h2-5,8-9,12,15H,6-7,10-11,13H2,1H3,(H,19,20,24). The van der Waals surface area contributed by atoms with E-state index in [4.69, 9.17) is 0 Å². The number of nitrogens with one attached hydrogen (secondary N) is 1. The van der Waals surface area contributed by atoms with E-state index in [9.17, 15) is 9.59 Å². The molecule has 1 amide bonds. The van der Waals surface area contributed by atoms with Gasteiger partial charge in [-0.2, -0.15) is 0 Å². The fourth-order valence-electron chi connectivity index (χ4n) is 2.96. The van der Waals surface area contributed by atoms with Crippen LogP contribution in [0.15, 0.2) is 47.5 Å². The van der Waals surface area contributed by atoms with Crippen LogP contribution in [0.4, 0.5) is 5.82 Å². The number of hydrogen-bond acceptors (Lipinski definition) is 4. The zero-order chi connectivity index (χ0) is 16.9.